The summed E-state index contributed by atoms with van der Waals surface area (Å²) in [7, 11) is 0. The Bertz CT molecular complexity index is 362. The summed E-state index contributed by atoms with van der Waals surface area (Å²) in [6.07, 6.45) is 0. The molecule has 0 heterocycles. The Morgan fingerprint density at radius 2 is 2.00 bits per heavy atom. The summed E-state index contributed by atoms with van der Waals surface area (Å²) in [4.78, 5) is 0. The van der Waals surface area contributed by atoms with Crippen LogP contribution in [0.1, 0.15) is 5.56 Å². The van der Waals surface area contributed by atoms with E-state index < -0.39 is 16.1 Å². The van der Waals surface area contributed by atoms with E-state index in [4.69, 9.17) is 9.81 Å². The molecule has 0 saturated heterocycles. The molecule has 68 valence electrons. The molecule has 0 spiro atoms. The van der Waals surface area contributed by atoms with Crippen LogP contribution < -0.4 is 0 Å². The first-order valence-electron chi connectivity index (χ1n) is 3.38. The number of alkyl halides is 1. The van der Waals surface area contributed by atoms with Gasteiger partial charge < -0.3 is 4.55 Å². The van der Waals surface area contributed by atoms with Crippen molar-refractivity contribution in [3.05, 3.63) is 35.9 Å². The standard InChI is InChI=1S/C8H6FNO2S/c9-8(6-10,13(11)12)7-4-2-1-3-5-7/h1-5H,(H,11,12). The highest BCUT2D eigenvalue weighted by Gasteiger charge is 2.38. The minimum atomic E-state index is -2.85. The maximum Gasteiger partial charge on any atom is 0.319 e. The zero-order valence-corrected chi connectivity index (χ0v) is 7.29. The van der Waals surface area contributed by atoms with Gasteiger partial charge in [0.15, 0.2) is 0 Å². The van der Waals surface area contributed by atoms with Crippen molar-refractivity contribution in [2.45, 2.75) is 5.00 Å². The number of nitriles is 1. The Morgan fingerprint density at radius 1 is 1.46 bits per heavy atom. The monoisotopic (exact) mass is 199 g/mol. The molecule has 1 N–H and O–H groups in total. The molecule has 0 fully saturated rings. The molecular formula is C8H6FNO2S. The average Bonchev–Trinajstić information content (AvgIpc) is 2.17. The van der Waals surface area contributed by atoms with Gasteiger partial charge in [0.1, 0.15) is 6.07 Å². The molecule has 0 amide bonds. The van der Waals surface area contributed by atoms with Gasteiger partial charge in [-0.1, -0.05) is 30.3 Å². The quantitative estimate of drug-likeness (QED) is 0.735. The molecule has 0 saturated carbocycles. The van der Waals surface area contributed by atoms with E-state index in [1.807, 2.05) is 0 Å². The van der Waals surface area contributed by atoms with Crippen LogP contribution in [0.25, 0.3) is 0 Å². The van der Waals surface area contributed by atoms with Crippen LogP contribution in [0.4, 0.5) is 4.39 Å². The molecule has 0 aliphatic rings. The molecule has 0 aliphatic carbocycles. The van der Waals surface area contributed by atoms with E-state index in [2.05, 4.69) is 0 Å². The second kappa shape index (κ2) is 3.64. The largest absolute Gasteiger partial charge is 0.319 e. The minimum absolute atomic E-state index is 0.113. The first-order chi connectivity index (χ1) is 6.11. The Morgan fingerprint density at radius 3 is 2.38 bits per heavy atom. The predicted molar refractivity (Wildman–Crippen MR) is 45.6 cm³/mol. The van der Waals surface area contributed by atoms with Crippen molar-refractivity contribution in [3.8, 4) is 6.07 Å². The molecule has 3 nitrogen and oxygen atoms in total. The van der Waals surface area contributed by atoms with Crippen molar-refractivity contribution in [2.75, 3.05) is 0 Å². The minimum Gasteiger partial charge on any atom is -0.302 e. The number of halogens is 1. The topological polar surface area (TPSA) is 61.1 Å². The molecule has 1 aromatic carbocycles. The Balaban J connectivity index is 3.21. The van der Waals surface area contributed by atoms with Crippen LogP contribution in [0.3, 0.4) is 0 Å². The van der Waals surface area contributed by atoms with Crippen LogP contribution in [0.15, 0.2) is 30.3 Å². The van der Waals surface area contributed by atoms with Crippen LogP contribution in [0, 0.1) is 11.3 Å². The van der Waals surface area contributed by atoms with E-state index in [-0.39, 0.29) is 5.56 Å². The third kappa shape index (κ3) is 1.74. The van der Waals surface area contributed by atoms with Gasteiger partial charge in [0.25, 0.3) is 0 Å². The van der Waals surface area contributed by atoms with Crippen molar-refractivity contribution in [1.29, 1.82) is 5.26 Å². The summed E-state index contributed by atoms with van der Waals surface area (Å²) in [5.74, 6) is 0. The lowest BCUT2D eigenvalue weighted by atomic mass is 10.1. The molecule has 0 radical (unpaired) electrons. The molecule has 1 aromatic rings. The SMILES string of the molecule is N#CC(F)(c1ccccc1)S(=O)O. The van der Waals surface area contributed by atoms with Gasteiger partial charge >= 0.3 is 5.00 Å². The van der Waals surface area contributed by atoms with Crippen LogP contribution >= 0.6 is 0 Å². The lowest BCUT2D eigenvalue weighted by Gasteiger charge is -2.12. The van der Waals surface area contributed by atoms with Gasteiger partial charge in [-0.15, -0.1) is 0 Å². The van der Waals surface area contributed by atoms with E-state index >= 15 is 0 Å². The first kappa shape index (κ1) is 9.84. The molecular weight excluding hydrogens is 193 g/mol. The Hall–Kier alpha value is -1.25. The van der Waals surface area contributed by atoms with E-state index in [9.17, 15) is 8.60 Å². The lowest BCUT2D eigenvalue weighted by molar-refractivity contribution is 0.340. The number of hydrogen-bond acceptors (Lipinski definition) is 2. The smallest absolute Gasteiger partial charge is 0.302 e. The zero-order valence-electron chi connectivity index (χ0n) is 6.48. The van der Waals surface area contributed by atoms with Crippen molar-refractivity contribution in [1.82, 2.24) is 0 Å². The van der Waals surface area contributed by atoms with E-state index in [0.29, 0.717) is 0 Å². The number of benzene rings is 1. The van der Waals surface area contributed by atoms with E-state index in [1.165, 1.54) is 30.3 Å². The third-order valence-electron chi connectivity index (χ3n) is 1.53. The van der Waals surface area contributed by atoms with Crippen molar-refractivity contribution in [2.24, 2.45) is 0 Å². The van der Waals surface area contributed by atoms with Gasteiger partial charge in [-0.25, -0.2) is 8.60 Å². The highest BCUT2D eigenvalue weighted by molar-refractivity contribution is 7.80. The summed E-state index contributed by atoms with van der Waals surface area (Å²) in [5.41, 5.74) is -0.113. The maximum absolute atomic E-state index is 13.5. The molecule has 1 rings (SSSR count). The Kier molecular flexibility index (Phi) is 2.76. The molecule has 0 aliphatic heterocycles. The van der Waals surface area contributed by atoms with Crippen molar-refractivity contribution < 1.29 is 13.2 Å². The molecule has 2 unspecified atom stereocenters. The summed E-state index contributed by atoms with van der Waals surface area (Å²) < 4.78 is 32.6. The molecule has 5 heteroatoms. The zero-order chi connectivity index (χ0) is 9.90. The summed E-state index contributed by atoms with van der Waals surface area (Å²) >= 11 is -2.85. The van der Waals surface area contributed by atoms with Gasteiger partial charge in [0.2, 0.25) is 11.1 Å². The van der Waals surface area contributed by atoms with E-state index in [0.717, 1.165) is 0 Å². The third-order valence-corrected chi connectivity index (χ3v) is 2.34. The second-order valence-electron chi connectivity index (χ2n) is 2.32. The highest BCUT2D eigenvalue weighted by atomic mass is 32.2. The summed E-state index contributed by atoms with van der Waals surface area (Å²) in [6, 6.07) is 8.37. The van der Waals surface area contributed by atoms with Crippen molar-refractivity contribution >= 4 is 11.1 Å². The van der Waals surface area contributed by atoms with Gasteiger partial charge in [0, 0.05) is 5.56 Å². The second-order valence-corrected chi connectivity index (χ2v) is 3.38. The summed E-state index contributed by atoms with van der Waals surface area (Å²) in [6.45, 7) is 0. The Labute approximate surface area is 77.1 Å². The van der Waals surface area contributed by atoms with Gasteiger partial charge in [-0.05, 0) is 0 Å². The fraction of sp³-hybridized carbons (Fsp3) is 0.125. The number of rotatable bonds is 2. The molecule has 0 aromatic heterocycles. The molecule has 2 atom stereocenters. The lowest BCUT2D eigenvalue weighted by Crippen LogP contribution is -2.23. The maximum atomic E-state index is 13.5. The van der Waals surface area contributed by atoms with Gasteiger partial charge in [-0.3, -0.25) is 0 Å². The number of hydrogen-bond donors (Lipinski definition) is 1. The van der Waals surface area contributed by atoms with Crippen molar-refractivity contribution in [3.63, 3.8) is 0 Å². The molecule has 0 bridgehead atoms. The fourth-order valence-corrected chi connectivity index (χ4v) is 1.27. The van der Waals surface area contributed by atoms with Crippen LogP contribution in [0.5, 0.6) is 0 Å². The average molecular weight is 199 g/mol. The van der Waals surface area contributed by atoms with E-state index in [1.54, 1.807) is 6.07 Å². The predicted octanol–water partition coefficient (Wildman–Crippen LogP) is 1.55. The first-order valence-corrected chi connectivity index (χ1v) is 4.48. The van der Waals surface area contributed by atoms with Gasteiger partial charge in [-0.2, -0.15) is 5.26 Å². The highest BCUT2D eigenvalue weighted by Crippen LogP contribution is 2.27. The van der Waals surface area contributed by atoms with Crippen LogP contribution in [-0.2, 0) is 16.1 Å². The molecule has 13 heavy (non-hydrogen) atoms. The van der Waals surface area contributed by atoms with Gasteiger partial charge in [0.05, 0.1) is 0 Å². The normalized spacial score (nSPS) is 17.0. The summed E-state index contributed by atoms with van der Waals surface area (Å²) in [5, 5.41) is 5.60. The number of nitrogens with zero attached hydrogens (tertiary/aromatic N) is 1. The van der Waals surface area contributed by atoms with Crippen LogP contribution in [0.2, 0.25) is 0 Å². The van der Waals surface area contributed by atoms with Crippen LogP contribution in [-0.4, -0.2) is 8.76 Å². The fourth-order valence-electron chi connectivity index (χ4n) is 0.857.